The maximum atomic E-state index is 12.7. The molecule has 124 valence electrons. The smallest absolute Gasteiger partial charge is 0.266 e. The zero-order chi connectivity index (χ0) is 18.1. The Balaban J connectivity index is 1.70. The summed E-state index contributed by atoms with van der Waals surface area (Å²) in [4.78, 5) is 26.4. The molecule has 1 aliphatic heterocycles. The molecule has 0 atom stereocenters. The van der Waals surface area contributed by atoms with Gasteiger partial charge in [-0.25, -0.2) is 4.90 Å². The monoisotopic (exact) mass is 339 g/mol. The van der Waals surface area contributed by atoms with Gasteiger partial charge >= 0.3 is 0 Å². The number of carbonyl (C=O) groups is 2. The van der Waals surface area contributed by atoms with E-state index >= 15 is 0 Å². The zero-order valence-corrected chi connectivity index (χ0v) is 13.6. The third-order valence-electron chi connectivity index (χ3n) is 4.10. The average Bonchev–Trinajstić information content (AvgIpc) is 2.91. The van der Waals surface area contributed by atoms with Crippen molar-refractivity contribution in [1.82, 2.24) is 0 Å². The number of aromatic hydroxyl groups is 1. The molecule has 0 bridgehead atoms. The van der Waals surface area contributed by atoms with E-state index in [0.29, 0.717) is 22.4 Å². The molecular formula is C22H13NO3. The zero-order valence-electron chi connectivity index (χ0n) is 13.6. The Kier molecular flexibility index (Phi) is 3.75. The van der Waals surface area contributed by atoms with E-state index in [1.807, 2.05) is 30.3 Å². The lowest BCUT2D eigenvalue weighted by Crippen LogP contribution is -2.29. The van der Waals surface area contributed by atoms with Gasteiger partial charge in [0.1, 0.15) is 5.75 Å². The topological polar surface area (TPSA) is 57.6 Å². The highest BCUT2D eigenvalue weighted by molar-refractivity contribution is 6.34. The number of nitrogens with zero attached hydrogens (tertiary/aromatic N) is 1. The summed E-state index contributed by atoms with van der Waals surface area (Å²) in [5.74, 6) is 5.23. The molecule has 4 heteroatoms. The van der Waals surface area contributed by atoms with Crippen LogP contribution in [-0.2, 0) is 0 Å². The highest BCUT2D eigenvalue weighted by Crippen LogP contribution is 2.30. The normalized spacial score (nSPS) is 12.5. The van der Waals surface area contributed by atoms with E-state index in [0.717, 1.165) is 10.5 Å². The van der Waals surface area contributed by atoms with Gasteiger partial charge < -0.3 is 5.11 Å². The van der Waals surface area contributed by atoms with Crippen molar-refractivity contribution in [3.05, 3.63) is 95.1 Å². The van der Waals surface area contributed by atoms with Crippen LogP contribution in [0.3, 0.4) is 0 Å². The summed E-state index contributed by atoms with van der Waals surface area (Å²) in [6, 6.07) is 20.6. The fourth-order valence-electron chi connectivity index (χ4n) is 2.85. The predicted molar refractivity (Wildman–Crippen MR) is 98.1 cm³/mol. The number of phenolic OH excluding ortho intramolecular Hbond substituents is 1. The van der Waals surface area contributed by atoms with Gasteiger partial charge in [0.25, 0.3) is 11.8 Å². The van der Waals surface area contributed by atoms with E-state index in [2.05, 4.69) is 11.8 Å². The van der Waals surface area contributed by atoms with Gasteiger partial charge in [-0.15, -0.1) is 0 Å². The molecule has 0 aromatic heterocycles. The van der Waals surface area contributed by atoms with Crippen molar-refractivity contribution in [1.29, 1.82) is 0 Å². The van der Waals surface area contributed by atoms with Crippen molar-refractivity contribution in [2.24, 2.45) is 0 Å². The summed E-state index contributed by atoms with van der Waals surface area (Å²) in [7, 11) is 0. The van der Waals surface area contributed by atoms with E-state index in [1.165, 1.54) is 12.1 Å². The van der Waals surface area contributed by atoms with Crippen LogP contribution in [0, 0.1) is 11.8 Å². The first-order valence-corrected chi connectivity index (χ1v) is 8.02. The molecule has 1 N–H and O–H groups in total. The van der Waals surface area contributed by atoms with Crippen molar-refractivity contribution in [3.8, 4) is 17.6 Å². The molecule has 3 aromatic carbocycles. The molecule has 1 aliphatic rings. The van der Waals surface area contributed by atoms with E-state index in [1.54, 1.807) is 30.3 Å². The van der Waals surface area contributed by atoms with Gasteiger partial charge in [0.2, 0.25) is 0 Å². The van der Waals surface area contributed by atoms with Crippen molar-refractivity contribution in [3.63, 3.8) is 0 Å². The van der Waals surface area contributed by atoms with Crippen molar-refractivity contribution >= 4 is 17.5 Å². The molecule has 1 heterocycles. The fraction of sp³-hybridized carbons (Fsp3) is 0. The van der Waals surface area contributed by atoms with Gasteiger partial charge in [0.05, 0.1) is 16.8 Å². The Morgan fingerprint density at radius 1 is 0.692 bits per heavy atom. The van der Waals surface area contributed by atoms with Crippen LogP contribution in [0.15, 0.2) is 72.8 Å². The second kappa shape index (κ2) is 6.23. The first-order chi connectivity index (χ1) is 12.6. The minimum Gasteiger partial charge on any atom is -0.508 e. The van der Waals surface area contributed by atoms with Crippen molar-refractivity contribution in [2.45, 2.75) is 0 Å². The Labute approximate surface area is 150 Å². The third kappa shape index (κ3) is 2.72. The van der Waals surface area contributed by atoms with Gasteiger partial charge in [-0.1, -0.05) is 36.1 Å². The molecule has 4 nitrogen and oxygen atoms in total. The molecular weight excluding hydrogens is 326 g/mol. The lowest BCUT2D eigenvalue weighted by Gasteiger charge is -2.13. The number of hydrogen-bond acceptors (Lipinski definition) is 3. The number of fused-ring (bicyclic) bond motifs is 1. The Bertz CT molecular complexity index is 1090. The minimum atomic E-state index is -0.418. The van der Waals surface area contributed by atoms with Crippen LogP contribution in [0.2, 0.25) is 0 Å². The molecule has 3 aromatic rings. The quantitative estimate of drug-likeness (QED) is 0.544. The molecule has 2 amide bonds. The number of anilines is 1. The molecule has 4 rings (SSSR count). The molecule has 0 spiro atoms. The average molecular weight is 339 g/mol. The SMILES string of the molecule is O=C1c2ccc(C#Cc3ccccc3)cc2C(=O)N1c1cccc(O)c1. The van der Waals surface area contributed by atoms with E-state index in [-0.39, 0.29) is 5.75 Å². The van der Waals surface area contributed by atoms with Crippen molar-refractivity contribution < 1.29 is 14.7 Å². The second-order valence-electron chi connectivity index (χ2n) is 5.84. The van der Waals surface area contributed by atoms with Crippen LogP contribution in [0.25, 0.3) is 0 Å². The highest BCUT2D eigenvalue weighted by Gasteiger charge is 2.36. The number of phenols is 1. The molecule has 0 fully saturated rings. The summed E-state index contributed by atoms with van der Waals surface area (Å²) >= 11 is 0. The first kappa shape index (κ1) is 15.7. The van der Waals surface area contributed by atoms with Crippen LogP contribution < -0.4 is 4.90 Å². The minimum absolute atomic E-state index is 0.00604. The maximum absolute atomic E-state index is 12.7. The Morgan fingerprint density at radius 3 is 2.19 bits per heavy atom. The first-order valence-electron chi connectivity index (χ1n) is 8.02. The summed E-state index contributed by atoms with van der Waals surface area (Å²) < 4.78 is 0. The van der Waals surface area contributed by atoms with Gasteiger partial charge in [0.15, 0.2) is 0 Å². The molecule has 0 saturated heterocycles. The van der Waals surface area contributed by atoms with Crippen LogP contribution in [0.1, 0.15) is 31.8 Å². The number of hydrogen-bond donors (Lipinski definition) is 1. The lowest BCUT2D eigenvalue weighted by atomic mass is 10.1. The number of imide groups is 1. The van der Waals surface area contributed by atoms with E-state index in [4.69, 9.17) is 0 Å². The number of amides is 2. The molecule has 0 saturated carbocycles. The number of rotatable bonds is 1. The Hall–Kier alpha value is -3.84. The number of carbonyl (C=O) groups excluding carboxylic acids is 2. The summed E-state index contributed by atoms with van der Waals surface area (Å²) in [5, 5.41) is 9.62. The summed E-state index contributed by atoms with van der Waals surface area (Å²) in [6.45, 7) is 0. The van der Waals surface area contributed by atoms with E-state index in [9.17, 15) is 14.7 Å². The molecule has 0 unspecified atom stereocenters. The van der Waals surface area contributed by atoms with Crippen LogP contribution in [0.4, 0.5) is 5.69 Å². The third-order valence-corrected chi connectivity index (χ3v) is 4.10. The highest BCUT2D eigenvalue weighted by atomic mass is 16.3. The lowest BCUT2D eigenvalue weighted by molar-refractivity contribution is 0.0926. The predicted octanol–water partition coefficient (Wildman–Crippen LogP) is 3.59. The maximum Gasteiger partial charge on any atom is 0.266 e. The Morgan fingerprint density at radius 2 is 1.42 bits per heavy atom. The molecule has 0 radical (unpaired) electrons. The summed E-state index contributed by atoms with van der Waals surface area (Å²) in [6.07, 6.45) is 0. The van der Waals surface area contributed by atoms with Crippen LogP contribution >= 0.6 is 0 Å². The molecule has 0 aliphatic carbocycles. The van der Waals surface area contributed by atoms with Gasteiger partial charge in [-0.2, -0.15) is 0 Å². The standard InChI is InChI=1S/C22H13NO3/c24-18-8-4-7-17(14-18)23-21(25)19-12-11-16(13-20(19)22(23)26)10-9-15-5-2-1-3-6-15/h1-8,11-14,24H. The van der Waals surface area contributed by atoms with Crippen LogP contribution in [0.5, 0.6) is 5.75 Å². The van der Waals surface area contributed by atoms with Gasteiger partial charge in [-0.3, -0.25) is 9.59 Å². The molecule has 26 heavy (non-hydrogen) atoms. The number of benzene rings is 3. The summed E-state index contributed by atoms with van der Waals surface area (Å²) in [5.41, 5.74) is 2.53. The van der Waals surface area contributed by atoms with Gasteiger partial charge in [-0.05, 0) is 42.5 Å². The second-order valence-corrected chi connectivity index (χ2v) is 5.84. The van der Waals surface area contributed by atoms with Crippen LogP contribution in [-0.4, -0.2) is 16.9 Å². The van der Waals surface area contributed by atoms with Crippen molar-refractivity contribution in [2.75, 3.05) is 4.90 Å². The fourth-order valence-corrected chi connectivity index (χ4v) is 2.85. The largest absolute Gasteiger partial charge is 0.508 e. The van der Waals surface area contributed by atoms with Gasteiger partial charge in [0, 0.05) is 17.2 Å². The van der Waals surface area contributed by atoms with E-state index < -0.39 is 11.8 Å².